The predicted octanol–water partition coefficient (Wildman–Crippen LogP) is 2.64. The molecule has 0 saturated carbocycles. The highest BCUT2D eigenvalue weighted by Gasteiger charge is 2.26. The first-order valence-corrected chi connectivity index (χ1v) is 8.91. The van der Waals surface area contributed by atoms with Crippen LogP contribution in [0.25, 0.3) is 0 Å². The van der Waals surface area contributed by atoms with Crippen LogP contribution in [-0.4, -0.2) is 26.8 Å². The minimum absolute atomic E-state index is 0.207. The third-order valence-corrected chi connectivity index (χ3v) is 6.76. The van der Waals surface area contributed by atoms with Gasteiger partial charge < -0.3 is 9.73 Å². The van der Waals surface area contributed by atoms with E-state index in [9.17, 15) is 8.42 Å². The van der Waals surface area contributed by atoms with Crippen molar-refractivity contribution >= 4 is 37.3 Å². The van der Waals surface area contributed by atoms with Gasteiger partial charge in [-0.1, -0.05) is 0 Å². The number of thiophene rings is 1. The number of rotatable bonds is 6. The lowest BCUT2D eigenvalue weighted by molar-refractivity contribution is 0.406. The lowest BCUT2D eigenvalue weighted by Crippen LogP contribution is -2.26. The Morgan fingerprint density at radius 2 is 2.25 bits per heavy atom. The van der Waals surface area contributed by atoms with Gasteiger partial charge in [-0.2, -0.15) is 4.31 Å². The number of halogens is 1. The second-order valence-corrected chi connectivity index (χ2v) is 8.69. The number of furan rings is 1. The van der Waals surface area contributed by atoms with Gasteiger partial charge in [0.25, 0.3) is 0 Å². The first kappa shape index (κ1) is 15.7. The zero-order valence-electron chi connectivity index (χ0n) is 11.1. The van der Waals surface area contributed by atoms with Crippen LogP contribution in [0.4, 0.5) is 0 Å². The minimum atomic E-state index is -3.53. The SMILES string of the molecule is CNCc1cc(S(=O)(=O)N(C)Cc2ccco2)c(Br)s1. The molecule has 2 aromatic heterocycles. The van der Waals surface area contributed by atoms with Crippen LogP contribution in [0.5, 0.6) is 0 Å². The van der Waals surface area contributed by atoms with Gasteiger partial charge in [-0.3, -0.25) is 0 Å². The quantitative estimate of drug-likeness (QED) is 0.838. The van der Waals surface area contributed by atoms with E-state index in [0.717, 1.165) is 4.88 Å². The molecule has 2 rings (SSSR count). The van der Waals surface area contributed by atoms with E-state index < -0.39 is 10.0 Å². The molecular weight excluding hydrogens is 364 g/mol. The highest BCUT2D eigenvalue weighted by molar-refractivity contribution is 9.11. The first-order chi connectivity index (χ1) is 9.45. The van der Waals surface area contributed by atoms with Gasteiger partial charge in [-0.25, -0.2) is 8.42 Å². The Morgan fingerprint density at radius 1 is 1.50 bits per heavy atom. The molecule has 2 heterocycles. The van der Waals surface area contributed by atoms with Crippen molar-refractivity contribution in [3.63, 3.8) is 0 Å². The Labute approximate surface area is 130 Å². The lowest BCUT2D eigenvalue weighted by atomic mass is 10.4. The Hall–Kier alpha value is -0.670. The molecule has 0 aliphatic carbocycles. The highest BCUT2D eigenvalue weighted by atomic mass is 79.9. The summed E-state index contributed by atoms with van der Waals surface area (Å²) in [6.45, 7) is 0.847. The predicted molar refractivity (Wildman–Crippen MR) is 82.1 cm³/mol. The molecule has 0 aliphatic heterocycles. The van der Waals surface area contributed by atoms with E-state index in [0.29, 0.717) is 21.0 Å². The number of nitrogens with one attached hydrogen (secondary N) is 1. The molecule has 0 aromatic carbocycles. The van der Waals surface area contributed by atoms with Crippen molar-refractivity contribution in [1.82, 2.24) is 9.62 Å². The smallest absolute Gasteiger partial charge is 0.245 e. The van der Waals surface area contributed by atoms with Gasteiger partial charge in [0.2, 0.25) is 10.0 Å². The lowest BCUT2D eigenvalue weighted by Gasteiger charge is -2.15. The van der Waals surface area contributed by atoms with Gasteiger partial charge in [0, 0.05) is 18.5 Å². The van der Waals surface area contributed by atoms with Crippen molar-refractivity contribution in [3.05, 3.63) is 38.9 Å². The number of hydrogen-bond donors (Lipinski definition) is 1. The molecule has 0 amide bonds. The molecule has 0 saturated heterocycles. The van der Waals surface area contributed by atoms with Gasteiger partial charge >= 0.3 is 0 Å². The highest BCUT2D eigenvalue weighted by Crippen LogP contribution is 2.33. The Bertz CT molecular complexity index is 665. The topological polar surface area (TPSA) is 62.6 Å². The molecule has 1 N–H and O–H groups in total. The van der Waals surface area contributed by atoms with Gasteiger partial charge in [0.05, 0.1) is 16.6 Å². The zero-order valence-corrected chi connectivity index (χ0v) is 14.3. The molecule has 0 spiro atoms. The summed E-state index contributed by atoms with van der Waals surface area (Å²) in [6, 6.07) is 5.18. The third-order valence-electron chi connectivity index (χ3n) is 2.70. The summed E-state index contributed by atoms with van der Waals surface area (Å²) in [7, 11) is -0.169. The maximum absolute atomic E-state index is 12.5. The monoisotopic (exact) mass is 378 g/mol. The summed E-state index contributed by atoms with van der Waals surface area (Å²) in [5.74, 6) is 0.609. The molecule has 8 heteroatoms. The summed E-state index contributed by atoms with van der Waals surface area (Å²) in [5, 5.41) is 3.01. The van der Waals surface area contributed by atoms with E-state index >= 15 is 0 Å². The molecule has 0 radical (unpaired) electrons. The Morgan fingerprint density at radius 3 is 2.85 bits per heavy atom. The largest absolute Gasteiger partial charge is 0.468 e. The van der Waals surface area contributed by atoms with Crippen LogP contribution in [0.3, 0.4) is 0 Å². The van der Waals surface area contributed by atoms with Crippen molar-refractivity contribution < 1.29 is 12.8 Å². The summed E-state index contributed by atoms with van der Waals surface area (Å²) >= 11 is 4.75. The minimum Gasteiger partial charge on any atom is -0.468 e. The standard InChI is InChI=1S/C12H15BrN2O3S2/c1-14-7-10-6-11(12(13)19-10)20(16,17)15(2)8-9-4-3-5-18-9/h3-6,14H,7-8H2,1-2H3. The fraction of sp³-hybridized carbons (Fsp3) is 0.333. The normalized spacial score (nSPS) is 12.2. The molecule has 0 unspecified atom stereocenters. The molecular formula is C12H15BrN2O3S2. The molecule has 0 fully saturated rings. The van der Waals surface area contributed by atoms with Crippen LogP contribution in [0.2, 0.25) is 0 Å². The molecule has 0 aliphatic rings. The molecule has 0 atom stereocenters. The summed E-state index contributed by atoms with van der Waals surface area (Å²) < 4.78 is 32.2. The maximum atomic E-state index is 12.5. The Kier molecular flexibility index (Phi) is 5.03. The molecule has 20 heavy (non-hydrogen) atoms. The average molecular weight is 379 g/mol. The van der Waals surface area contributed by atoms with Gasteiger partial charge in [0.1, 0.15) is 10.7 Å². The van der Waals surface area contributed by atoms with E-state index in [4.69, 9.17) is 4.42 Å². The van der Waals surface area contributed by atoms with Crippen molar-refractivity contribution in [2.24, 2.45) is 0 Å². The number of nitrogens with zero attached hydrogens (tertiary/aromatic N) is 1. The van der Waals surface area contributed by atoms with Crippen molar-refractivity contribution in [2.45, 2.75) is 18.0 Å². The van der Waals surface area contributed by atoms with Crippen LogP contribution in [0.15, 0.2) is 37.6 Å². The van der Waals surface area contributed by atoms with Crippen LogP contribution in [-0.2, 0) is 23.1 Å². The van der Waals surface area contributed by atoms with E-state index in [1.165, 1.54) is 21.9 Å². The summed E-state index contributed by atoms with van der Waals surface area (Å²) in [6.07, 6.45) is 1.53. The third kappa shape index (κ3) is 3.32. The average Bonchev–Trinajstić information content (AvgIpc) is 2.99. The van der Waals surface area contributed by atoms with E-state index in [-0.39, 0.29) is 6.54 Å². The van der Waals surface area contributed by atoms with Crippen LogP contribution >= 0.6 is 27.3 Å². The van der Waals surface area contributed by atoms with Crippen molar-refractivity contribution in [2.75, 3.05) is 14.1 Å². The second kappa shape index (κ2) is 6.40. The van der Waals surface area contributed by atoms with E-state index in [2.05, 4.69) is 21.2 Å². The van der Waals surface area contributed by atoms with Gasteiger partial charge in [0.15, 0.2) is 0 Å². The van der Waals surface area contributed by atoms with Crippen molar-refractivity contribution in [1.29, 1.82) is 0 Å². The number of hydrogen-bond acceptors (Lipinski definition) is 5. The second-order valence-electron chi connectivity index (χ2n) is 4.22. The Balaban J connectivity index is 2.25. The fourth-order valence-corrected chi connectivity index (χ4v) is 5.49. The first-order valence-electron chi connectivity index (χ1n) is 5.86. The zero-order chi connectivity index (χ0) is 14.8. The molecule has 5 nitrogen and oxygen atoms in total. The van der Waals surface area contributed by atoms with Gasteiger partial charge in [-0.05, 0) is 41.2 Å². The molecule has 2 aromatic rings. The van der Waals surface area contributed by atoms with Gasteiger partial charge in [-0.15, -0.1) is 11.3 Å². The van der Waals surface area contributed by atoms with Crippen LogP contribution in [0, 0.1) is 0 Å². The van der Waals surface area contributed by atoms with Crippen molar-refractivity contribution in [3.8, 4) is 0 Å². The van der Waals surface area contributed by atoms with Crippen LogP contribution < -0.4 is 5.32 Å². The summed E-state index contributed by atoms with van der Waals surface area (Å²) in [4.78, 5) is 1.26. The fourth-order valence-electron chi connectivity index (χ4n) is 1.71. The van der Waals surface area contributed by atoms with E-state index in [1.54, 1.807) is 25.2 Å². The molecule has 110 valence electrons. The van der Waals surface area contributed by atoms with Crippen LogP contribution in [0.1, 0.15) is 10.6 Å². The maximum Gasteiger partial charge on any atom is 0.245 e. The summed E-state index contributed by atoms with van der Waals surface area (Å²) in [5.41, 5.74) is 0. The number of sulfonamides is 1. The van der Waals surface area contributed by atoms with E-state index in [1.807, 2.05) is 7.05 Å². The molecule has 0 bridgehead atoms.